The molecule has 1 fully saturated rings. The normalized spacial score (nSPS) is 50.1. The van der Waals surface area contributed by atoms with Crippen LogP contribution >= 0.6 is 0 Å². The number of aliphatic hydroxyl groups excluding tert-OH is 1. The zero-order chi connectivity index (χ0) is 11.0. The van der Waals surface area contributed by atoms with Crippen LogP contribution in [0, 0.1) is 29.6 Å². The molecule has 1 N–H and O–H groups in total. The van der Waals surface area contributed by atoms with Gasteiger partial charge in [0, 0.05) is 18.7 Å². The summed E-state index contributed by atoms with van der Waals surface area (Å²) in [5, 5.41) is 10.1. The van der Waals surface area contributed by atoms with Crippen molar-refractivity contribution in [3.63, 3.8) is 0 Å². The van der Waals surface area contributed by atoms with Gasteiger partial charge in [0.2, 0.25) is 0 Å². The van der Waals surface area contributed by atoms with Gasteiger partial charge in [-0.25, -0.2) is 0 Å². The Morgan fingerprint density at radius 1 is 1.40 bits per heavy atom. The van der Waals surface area contributed by atoms with Crippen molar-refractivity contribution >= 4 is 6.21 Å². The molecule has 0 aromatic heterocycles. The van der Waals surface area contributed by atoms with E-state index in [1.54, 1.807) is 0 Å². The van der Waals surface area contributed by atoms with Gasteiger partial charge in [-0.2, -0.15) is 0 Å². The van der Waals surface area contributed by atoms with E-state index in [0.29, 0.717) is 29.6 Å². The molecule has 0 aromatic rings. The Bertz CT molecular complexity index is 251. The van der Waals surface area contributed by atoms with E-state index < -0.39 is 0 Å². The van der Waals surface area contributed by atoms with Crippen LogP contribution in [0.1, 0.15) is 33.6 Å². The molecule has 2 heteroatoms. The Morgan fingerprint density at radius 3 is 2.60 bits per heavy atom. The highest BCUT2D eigenvalue weighted by Crippen LogP contribution is 2.44. The number of hydrogen-bond donors (Lipinski definition) is 1. The van der Waals surface area contributed by atoms with Gasteiger partial charge in [0.15, 0.2) is 0 Å². The van der Waals surface area contributed by atoms with Gasteiger partial charge >= 0.3 is 0 Å². The molecule has 6 atom stereocenters. The van der Waals surface area contributed by atoms with Crippen LogP contribution in [0.4, 0.5) is 0 Å². The summed E-state index contributed by atoms with van der Waals surface area (Å²) >= 11 is 0. The number of rotatable bonds is 2. The molecule has 0 amide bonds. The largest absolute Gasteiger partial charge is 0.393 e. The quantitative estimate of drug-likeness (QED) is 0.744. The highest BCUT2D eigenvalue weighted by molar-refractivity contribution is 5.64. The third-order valence-electron chi connectivity index (χ3n) is 4.62. The topological polar surface area (TPSA) is 32.6 Å². The summed E-state index contributed by atoms with van der Waals surface area (Å²) in [5.74, 6) is 2.93. The van der Waals surface area contributed by atoms with Gasteiger partial charge in [0.05, 0.1) is 6.10 Å². The number of nitrogens with zero attached hydrogens (tertiary/aromatic N) is 1. The third-order valence-corrected chi connectivity index (χ3v) is 4.62. The summed E-state index contributed by atoms with van der Waals surface area (Å²) in [5.41, 5.74) is 0. The highest BCUT2D eigenvalue weighted by atomic mass is 16.3. The molecule has 1 heterocycles. The van der Waals surface area contributed by atoms with Gasteiger partial charge < -0.3 is 5.11 Å². The lowest BCUT2D eigenvalue weighted by atomic mass is 9.79. The molecule has 15 heavy (non-hydrogen) atoms. The maximum absolute atomic E-state index is 10.1. The molecule has 0 radical (unpaired) electrons. The third kappa shape index (κ3) is 1.84. The first-order valence-corrected chi connectivity index (χ1v) is 6.33. The summed E-state index contributed by atoms with van der Waals surface area (Å²) in [6.07, 6.45) is 4.37. The fourth-order valence-corrected chi connectivity index (χ4v) is 3.45. The zero-order valence-corrected chi connectivity index (χ0v) is 10.1. The molecule has 1 aliphatic carbocycles. The van der Waals surface area contributed by atoms with E-state index in [-0.39, 0.29) is 6.10 Å². The van der Waals surface area contributed by atoms with Gasteiger partial charge in [-0.1, -0.05) is 27.2 Å². The Morgan fingerprint density at radius 2 is 2.13 bits per heavy atom. The van der Waals surface area contributed by atoms with E-state index in [0.717, 1.165) is 13.0 Å². The fourth-order valence-electron chi connectivity index (χ4n) is 3.45. The van der Waals surface area contributed by atoms with E-state index in [9.17, 15) is 5.11 Å². The van der Waals surface area contributed by atoms with Crippen molar-refractivity contribution < 1.29 is 5.11 Å². The predicted molar refractivity (Wildman–Crippen MR) is 63.1 cm³/mol. The summed E-state index contributed by atoms with van der Waals surface area (Å²) in [6.45, 7) is 7.68. The Labute approximate surface area is 92.8 Å². The van der Waals surface area contributed by atoms with Crippen LogP contribution in [-0.4, -0.2) is 24.0 Å². The molecule has 2 rings (SSSR count). The number of aliphatic imine (C=N–C) groups is 1. The van der Waals surface area contributed by atoms with Crippen LogP contribution in [0.3, 0.4) is 0 Å². The first-order chi connectivity index (χ1) is 7.15. The van der Waals surface area contributed by atoms with Crippen LogP contribution in [0.25, 0.3) is 0 Å². The van der Waals surface area contributed by atoms with Crippen molar-refractivity contribution in [1.82, 2.24) is 0 Å². The van der Waals surface area contributed by atoms with Gasteiger partial charge in [-0.3, -0.25) is 4.99 Å². The molecule has 4 unspecified atom stereocenters. The minimum atomic E-state index is -0.0822. The molecule has 0 spiro atoms. The fraction of sp³-hybridized carbons (Fsp3) is 0.923. The van der Waals surface area contributed by atoms with Gasteiger partial charge in [-0.05, 0) is 30.1 Å². The van der Waals surface area contributed by atoms with Gasteiger partial charge in [-0.15, -0.1) is 0 Å². The maximum atomic E-state index is 10.1. The second kappa shape index (κ2) is 4.25. The van der Waals surface area contributed by atoms with Crippen LogP contribution in [-0.2, 0) is 0 Å². The van der Waals surface area contributed by atoms with Crippen LogP contribution in [0.15, 0.2) is 4.99 Å². The Kier molecular flexibility index (Phi) is 3.15. The second-order valence-electron chi connectivity index (χ2n) is 5.49. The molecular formula is C13H23NO. The van der Waals surface area contributed by atoms with Crippen molar-refractivity contribution in [1.29, 1.82) is 0 Å². The monoisotopic (exact) mass is 209 g/mol. The smallest absolute Gasteiger partial charge is 0.0596 e. The van der Waals surface area contributed by atoms with Crippen molar-refractivity contribution in [3.05, 3.63) is 0 Å². The minimum Gasteiger partial charge on any atom is -0.393 e. The summed E-state index contributed by atoms with van der Waals surface area (Å²) < 4.78 is 0. The van der Waals surface area contributed by atoms with E-state index >= 15 is 0 Å². The minimum absolute atomic E-state index is 0.0822. The van der Waals surface area contributed by atoms with E-state index in [2.05, 4.69) is 32.0 Å². The van der Waals surface area contributed by atoms with Crippen molar-refractivity contribution in [2.75, 3.05) is 6.54 Å². The van der Waals surface area contributed by atoms with E-state index in [1.807, 2.05) is 0 Å². The van der Waals surface area contributed by atoms with Crippen molar-refractivity contribution in [3.8, 4) is 0 Å². The number of hydrogen-bond acceptors (Lipinski definition) is 2. The lowest BCUT2D eigenvalue weighted by Crippen LogP contribution is -2.26. The zero-order valence-electron chi connectivity index (χ0n) is 10.1. The molecule has 2 aliphatic rings. The molecule has 1 saturated carbocycles. The predicted octanol–water partition coefficient (Wildman–Crippen LogP) is 2.37. The average Bonchev–Trinajstić information content (AvgIpc) is 2.74. The molecule has 0 saturated heterocycles. The molecular weight excluding hydrogens is 186 g/mol. The van der Waals surface area contributed by atoms with Crippen LogP contribution < -0.4 is 0 Å². The summed E-state index contributed by atoms with van der Waals surface area (Å²) in [7, 11) is 0. The summed E-state index contributed by atoms with van der Waals surface area (Å²) in [6, 6.07) is 0. The molecule has 0 bridgehead atoms. The van der Waals surface area contributed by atoms with Crippen LogP contribution in [0.2, 0.25) is 0 Å². The van der Waals surface area contributed by atoms with Crippen molar-refractivity contribution in [2.24, 2.45) is 34.6 Å². The van der Waals surface area contributed by atoms with Crippen LogP contribution in [0.5, 0.6) is 0 Å². The Balaban J connectivity index is 2.07. The number of aliphatic hydroxyl groups is 1. The van der Waals surface area contributed by atoms with E-state index in [1.165, 1.54) is 6.42 Å². The van der Waals surface area contributed by atoms with E-state index in [4.69, 9.17) is 0 Å². The lowest BCUT2D eigenvalue weighted by molar-refractivity contribution is 0.0849. The molecule has 86 valence electrons. The summed E-state index contributed by atoms with van der Waals surface area (Å²) in [4.78, 5) is 4.39. The standard InChI is InChI=1S/C13H23NO/c1-4-10-5-11(9(3)13(10)15)12-7-14-6-8(12)2/h7-13,15H,4-6H2,1-3H3/t8?,9-,10-,11?,12?,13?/m0/s1. The van der Waals surface area contributed by atoms with Gasteiger partial charge in [0.25, 0.3) is 0 Å². The maximum Gasteiger partial charge on any atom is 0.0596 e. The second-order valence-corrected chi connectivity index (χ2v) is 5.49. The lowest BCUT2D eigenvalue weighted by Gasteiger charge is -2.25. The molecule has 1 aliphatic heterocycles. The first kappa shape index (κ1) is 11.1. The molecule has 0 aromatic carbocycles. The van der Waals surface area contributed by atoms with Gasteiger partial charge in [0.1, 0.15) is 0 Å². The highest BCUT2D eigenvalue weighted by Gasteiger charge is 2.43. The first-order valence-electron chi connectivity index (χ1n) is 6.33. The average molecular weight is 209 g/mol. The SMILES string of the molecule is CC[C@H]1CC(C2C=NCC2C)[C@H](C)C1O. The van der Waals surface area contributed by atoms with Crippen molar-refractivity contribution in [2.45, 2.75) is 39.7 Å². The molecule has 2 nitrogen and oxygen atoms in total. The Hall–Kier alpha value is -0.370.